The molecule has 0 rings (SSSR count). The Labute approximate surface area is 88.3 Å². The smallest absolute Gasteiger partial charge is 0.204 e. The molecule has 0 aromatic carbocycles. The van der Waals surface area contributed by atoms with Gasteiger partial charge < -0.3 is 0 Å². The van der Waals surface area contributed by atoms with E-state index in [0.717, 1.165) is 0 Å². The standard InChI is InChI=1S/C5H7Cl3F4Si/c6-13(7,8)3-1-2-5(11,12)4(9)10/h4H,1-3H2. The molecule has 13 heavy (non-hydrogen) atoms. The minimum Gasteiger partial charge on any atom is -0.204 e. The van der Waals surface area contributed by atoms with E-state index in [-0.39, 0.29) is 12.5 Å². The highest BCUT2D eigenvalue weighted by atomic mass is 35.8. The van der Waals surface area contributed by atoms with E-state index in [9.17, 15) is 17.6 Å². The maximum atomic E-state index is 12.3. The quantitative estimate of drug-likeness (QED) is 0.399. The van der Waals surface area contributed by atoms with Crippen molar-refractivity contribution in [2.24, 2.45) is 0 Å². The minimum atomic E-state index is -3.97. The molecule has 0 saturated heterocycles. The molecule has 0 unspecified atom stereocenters. The summed E-state index contributed by atoms with van der Waals surface area (Å²) >= 11 is 16.1. The van der Waals surface area contributed by atoms with Crippen molar-refractivity contribution in [3.63, 3.8) is 0 Å². The lowest BCUT2D eigenvalue weighted by Crippen LogP contribution is -2.26. The summed E-state index contributed by atoms with van der Waals surface area (Å²) in [7, 11) is 0. The Balaban J connectivity index is 3.77. The van der Waals surface area contributed by atoms with Crippen LogP contribution in [0.1, 0.15) is 12.8 Å². The Morgan fingerprint density at radius 3 is 1.92 bits per heavy atom. The van der Waals surface area contributed by atoms with Crippen molar-refractivity contribution >= 4 is 39.2 Å². The second-order valence-electron chi connectivity index (χ2n) is 2.53. The van der Waals surface area contributed by atoms with Gasteiger partial charge in [0.1, 0.15) is 0 Å². The number of alkyl halides is 4. The van der Waals surface area contributed by atoms with Gasteiger partial charge in [-0.2, -0.15) is 0 Å². The van der Waals surface area contributed by atoms with Crippen LogP contribution < -0.4 is 0 Å². The Hall–Kier alpha value is 0.807. The van der Waals surface area contributed by atoms with Crippen LogP contribution in [0.3, 0.4) is 0 Å². The normalized spacial score (nSPS) is 13.8. The van der Waals surface area contributed by atoms with E-state index >= 15 is 0 Å². The van der Waals surface area contributed by atoms with Gasteiger partial charge in [0.15, 0.2) is 0 Å². The van der Waals surface area contributed by atoms with Gasteiger partial charge in [-0.3, -0.25) is 0 Å². The van der Waals surface area contributed by atoms with Crippen molar-refractivity contribution < 1.29 is 17.6 Å². The summed E-state index contributed by atoms with van der Waals surface area (Å²) in [5, 5.41) is 0. The fraction of sp³-hybridized carbons (Fsp3) is 1.00. The summed E-state index contributed by atoms with van der Waals surface area (Å²) in [6.45, 7) is 0. The summed E-state index contributed by atoms with van der Waals surface area (Å²) in [6.07, 6.45) is -4.78. The van der Waals surface area contributed by atoms with Gasteiger partial charge in [-0.15, -0.1) is 33.2 Å². The van der Waals surface area contributed by atoms with Crippen LogP contribution >= 0.6 is 33.2 Å². The molecule has 0 aromatic heterocycles. The third kappa shape index (κ3) is 6.82. The fourth-order valence-corrected chi connectivity index (χ4v) is 2.41. The number of rotatable bonds is 5. The van der Waals surface area contributed by atoms with Crippen LogP contribution in [0, 0.1) is 0 Å². The predicted molar refractivity (Wildman–Crippen MR) is 48.3 cm³/mol. The van der Waals surface area contributed by atoms with E-state index < -0.39 is 24.8 Å². The molecule has 0 amide bonds. The molecule has 0 fully saturated rings. The first-order valence-electron chi connectivity index (χ1n) is 3.38. The van der Waals surface area contributed by atoms with E-state index in [2.05, 4.69) is 0 Å². The van der Waals surface area contributed by atoms with Gasteiger partial charge in [-0.05, 0) is 12.5 Å². The number of halogens is 7. The lowest BCUT2D eigenvalue weighted by molar-refractivity contribution is -0.132. The minimum absolute atomic E-state index is 0.0278. The number of hydrogen-bond acceptors (Lipinski definition) is 0. The Morgan fingerprint density at radius 2 is 1.62 bits per heavy atom. The second-order valence-corrected chi connectivity index (χ2v) is 11.8. The molecule has 80 valence electrons. The largest absolute Gasteiger partial charge is 0.341 e. The zero-order valence-corrected chi connectivity index (χ0v) is 9.61. The van der Waals surface area contributed by atoms with Crippen LogP contribution in [0.25, 0.3) is 0 Å². The molecule has 0 radical (unpaired) electrons. The van der Waals surface area contributed by atoms with Gasteiger partial charge in [0, 0.05) is 6.42 Å². The van der Waals surface area contributed by atoms with Crippen molar-refractivity contribution in [3.8, 4) is 0 Å². The summed E-state index contributed by atoms with van der Waals surface area (Å²) in [4.78, 5) is 0. The monoisotopic (exact) mass is 276 g/mol. The topological polar surface area (TPSA) is 0 Å². The Bertz CT molecular complexity index is 158. The molecule has 0 N–H and O–H groups in total. The first-order chi connectivity index (χ1) is 5.65. The van der Waals surface area contributed by atoms with E-state index in [1.807, 2.05) is 0 Å². The average Bonchev–Trinajstić information content (AvgIpc) is 1.82. The molecule has 0 nitrogen and oxygen atoms in total. The first-order valence-corrected chi connectivity index (χ1v) is 8.62. The molecular weight excluding hydrogens is 270 g/mol. The SMILES string of the molecule is FC(F)C(F)(F)CCC[Si](Cl)(Cl)Cl. The lowest BCUT2D eigenvalue weighted by Gasteiger charge is -2.15. The van der Waals surface area contributed by atoms with Gasteiger partial charge >= 0.3 is 18.4 Å². The first kappa shape index (κ1) is 13.8. The van der Waals surface area contributed by atoms with Crippen molar-refractivity contribution in [2.45, 2.75) is 31.2 Å². The van der Waals surface area contributed by atoms with Crippen LogP contribution in [-0.4, -0.2) is 18.4 Å². The molecular formula is C5H7Cl3F4Si. The average molecular weight is 278 g/mol. The van der Waals surface area contributed by atoms with Crippen molar-refractivity contribution in [2.75, 3.05) is 0 Å². The third-order valence-corrected chi connectivity index (χ3v) is 3.91. The summed E-state index contributed by atoms with van der Waals surface area (Å²) < 4.78 is 47.7. The van der Waals surface area contributed by atoms with Gasteiger partial charge in [-0.1, -0.05) is 0 Å². The van der Waals surface area contributed by atoms with E-state index in [0.29, 0.717) is 0 Å². The van der Waals surface area contributed by atoms with E-state index in [4.69, 9.17) is 33.2 Å². The zero-order valence-electron chi connectivity index (χ0n) is 6.34. The molecule has 8 heteroatoms. The highest BCUT2D eigenvalue weighted by Gasteiger charge is 2.40. The van der Waals surface area contributed by atoms with E-state index in [1.165, 1.54) is 0 Å². The predicted octanol–water partition coefficient (Wildman–Crippen LogP) is 4.32. The molecule has 0 atom stereocenters. The fourth-order valence-electron chi connectivity index (χ4n) is 0.634. The summed E-state index contributed by atoms with van der Waals surface area (Å²) in [5.41, 5.74) is 0. The third-order valence-electron chi connectivity index (χ3n) is 1.29. The van der Waals surface area contributed by atoms with Crippen molar-refractivity contribution in [1.29, 1.82) is 0 Å². The van der Waals surface area contributed by atoms with Crippen molar-refractivity contribution in [1.82, 2.24) is 0 Å². The molecule has 0 heterocycles. The zero-order chi connectivity index (χ0) is 10.7. The molecule has 0 aromatic rings. The molecule has 0 aliphatic rings. The van der Waals surface area contributed by atoms with Gasteiger partial charge in [0.05, 0.1) is 0 Å². The molecule has 0 aliphatic carbocycles. The maximum absolute atomic E-state index is 12.3. The highest BCUT2D eigenvalue weighted by molar-refractivity contribution is 7.64. The van der Waals surface area contributed by atoms with Gasteiger partial charge in [0.25, 0.3) is 0 Å². The Morgan fingerprint density at radius 1 is 1.15 bits per heavy atom. The van der Waals surface area contributed by atoms with Crippen molar-refractivity contribution in [3.05, 3.63) is 0 Å². The Kier molecular flexibility index (Phi) is 5.36. The van der Waals surface area contributed by atoms with Crippen LogP contribution in [0.15, 0.2) is 0 Å². The molecule has 0 saturated carbocycles. The van der Waals surface area contributed by atoms with Crippen LogP contribution in [0.5, 0.6) is 0 Å². The van der Waals surface area contributed by atoms with Gasteiger partial charge in [-0.25, -0.2) is 17.6 Å². The van der Waals surface area contributed by atoms with Crippen LogP contribution in [-0.2, 0) is 0 Å². The maximum Gasteiger partial charge on any atom is 0.341 e. The van der Waals surface area contributed by atoms with Crippen LogP contribution in [0.4, 0.5) is 17.6 Å². The van der Waals surface area contributed by atoms with Crippen LogP contribution in [0.2, 0.25) is 6.04 Å². The molecule has 0 spiro atoms. The second kappa shape index (κ2) is 5.05. The van der Waals surface area contributed by atoms with Gasteiger partial charge in [0.2, 0.25) is 0 Å². The summed E-state index contributed by atoms with van der Waals surface area (Å²) in [5.74, 6) is -3.97. The highest BCUT2D eigenvalue weighted by Crippen LogP contribution is 2.33. The number of hydrogen-bond donors (Lipinski definition) is 0. The lowest BCUT2D eigenvalue weighted by atomic mass is 10.2. The molecule has 0 aliphatic heterocycles. The summed E-state index contributed by atoms with van der Waals surface area (Å²) in [6, 6.07) is -2.98. The van der Waals surface area contributed by atoms with E-state index in [1.54, 1.807) is 0 Å². The molecule has 0 bridgehead atoms.